The third-order valence-corrected chi connectivity index (χ3v) is 7.90. The molecule has 1 atom stereocenters. The molecule has 1 N–H and O–H groups in total. The standard InChI is InChI=1S/C20H31N3O4S.HI/c1-6-26-17-10-15-9-14(2)27-18(15)11-16(17)12-22-19(21-5)23-7-8-28(24,25)20(3,4)13-23;/h10-11,14H,6-9,12-13H2,1-5H3,(H,21,22);1H. The van der Waals surface area contributed by atoms with Gasteiger partial charge in [-0.05, 0) is 39.8 Å². The smallest absolute Gasteiger partial charge is 0.193 e. The van der Waals surface area contributed by atoms with Crippen molar-refractivity contribution in [2.45, 2.75) is 51.5 Å². The van der Waals surface area contributed by atoms with Crippen LogP contribution in [0.2, 0.25) is 0 Å². The van der Waals surface area contributed by atoms with Gasteiger partial charge in [-0.1, -0.05) is 0 Å². The van der Waals surface area contributed by atoms with E-state index in [1.54, 1.807) is 20.9 Å². The van der Waals surface area contributed by atoms with E-state index >= 15 is 0 Å². The van der Waals surface area contributed by atoms with E-state index in [0.717, 1.165) is 23.5 Å². The van der Waals surface area contributed by atoms with Gasteiger partial charge in [0.25, 0.3) is 0 Å². The number of hydrogen-bond donors (Lipinski definition) is 1. The molecule has 1 saturated heterocycles. The third kappa shape index (κ3) is 5.10. The van der Waals surface area contributed by atoms with Crippen LogP contribution < -0.4 is 14.8 Å². The van der Waals surface area contributed by atoms with E-state index in [-0.39, 0.29) is 35.8 Å². The maximum absolute atomic E-state index is 12.3. The Balaban J connectivity index is 0.00000300. The SMILES string of the molecule is CCOc1cc2c(cc1CNC(=NC)N1CCS(=O)(=O)C(C)(C)C1)OC(C)C2.I. The van der Waals surface area contributed by atoms with E-state index in [4.69, 9.17) is 9.47 Å². The Morgan fingerprint density at radius 3 is 2.76 bits per heavy atom. The quantitative estimate of drug-likeness (QED) is 0.362. The van der Waals surface area contributed by atoms with Crippen molar-refractivity contribution < 1.29 is 17.9 Å². The molecule has 0 aromatic heterocycles. The molecule has 0 bridgehead atoms. The molecule has 7 nitrogen and oxygen atoms in total. The molecular formula is C20H32IN3O4S. The van der Waals surface area contributed by atoms with Crippen molar-refractivity contribution in [2.24, 2.45) is 4.99 Å². The molecule has 2 aliphatic heterocycles. The Kier molecular flexibility index (Phi) is 7.69. The van der Waals surface area contributed by atoms with Crippen LogP contribution in [0.25, 0.3) is 0 Å². The first-order chi connectivity index (χ1) is 13.2. The van der Waals surface area contributed by atoms with Crippen molar-refractivity contribution in [2.75, 3.05) is 32.5 Å². The van der Waals surface area contributed by atoms with Gasteiger partial charge >= 0.3 is 0 Å². The summed E-state index contributed by atoms with van der Waals surface area (Å²) in [6.07, 6.45) is 1.07. The van der Waals surface area contributed by atoms with Crippen molar-refractivity contribution in [1.29, 1.82) is 0 Å². The first kappa shape index (κ1) is 24.0. The second-order valence-corrected chi connectivity index (χ2v) is 10.8. The molecule has 2 heterocycles. The Labute approximate surface area is 191 Å². The third-order valence-electron chi connectivity index (χ3n) is 5.37. The zero-order valence-electron chi connectivity index (χ0n) is 17.8. The lowest BCUT2D eigenvalue weighted by Crippen LogP contribution is -2.57. The number of guanidine groups is 1. The topological polar surface area (TPSA) is 80.2 Å². The molecule has 29 heavy (non-hydrogen) atoms. The Hall–Kier alpha value is -1.23. The Morgan fingerprint density at radius 2 is 2.14 bits per heavy atom. The molecule has 2 aliphatic rings. The van der Waals surface area contributed by atoms with Gasteiger partial charge in [0.15, 0.2) is 15.8 Å². The summed E-state index contributed by atoms with van der Waals surface area (Å²) in [6.45, 7) is 9.55. The van der Waals surface area contributed by atoms with E-state index in [9.17, 15) is 8.42 Å². The summed E-state index contributed by atoms with van der Waals surface area (Å²) >= 11 is 0. The Bertz CT molecular complexity index is 871. The number of sulfone groups is 1. The highest BCUT2D eigenvalue weighted by Gasteiger charge is 2.41. The van der Waals surface area contributed by atoms with Crippen molar-refractivity contribution in [3.05, 3.63) is 23.3 Å². The summed E-state index contributed by atoms with van der Waals surface area (Å²) in [5.41, 5.74) is 2.17. The average Bonchev–Trinajstić information content (AvgIpc) is 2.97. The fourth-order valence-electron chi connectivity index (χ4n) is 3.74. The number of hydrogen-bond acceptors (Lipinski definition) is 5. The minimum atomic E-state index is -3.09. The number of ether oxygens (including phenoxy) is 2. The van der Waals surface area contributed by atoms with Crippen LogP contribution in [0, 0.1) is 0 Å². The second kappa shape index (κ2) is 9.28. The molecule has 9 heteroatoms. The van der Waals surface area contributed by atoms with Crippen LogP contribution in [-0.2, 0) is 22.8 Å². The van der Waals surface area contributed by atoms with Crippen LogP contribution in [-0.4, -0.2) is 62.6 Å². The minimum Gasteiger partial charge on any atom is -0.494 e. The molecule has 3 rings (SSSR count). The molecule has 1 unspecified atom stereocenters. The van der Waals surface area contributed by atoms with Gasteiger partial charge in [0, 0.05) is 44.2 Å². The van der Waals surface area contributed by atoms with Gasteiger partial charge in [-0.3, -0.25) is 4.99 Å². The van der Waals surface area contributed by atoms with Gasteiger partial charge in [-0.15, -0.1) is 24.0 Å². The van der Waals surface area contributed by atoms with Gasteiger partial charge in [-0.25, -0.2) is 8.42 Å². The zero-order valence-corrected chi connectivity index (χ0v) is 21.0. The number of fused-ring (bicyclic) bond motifs is 1. The van der Waals surface area contributed by atoms with Gasteiger partial charge in [0.2, 0.25) is 0 Å². The van der Waals surface area contributed by atoms with Gasteiger partial charge in [-0.2, -0.15) is 0 Å². The molecule has 1 fully saturated rings. The summed E-state index contributed by atoms with van der Waals surface area (Å²) < 4.78 is 35.5. The molecule has 1 aromatic rings. The molecule has 0 radical (unpaired) electrons. The minimum absolute atomic E-state index is 0. The monoisotopic (exact) mass is 537 g/mol. The van der Waals surface area contributed by atoms with Crippen LogP contribution in [0.1, 0.15) is 38.8 Å². The number of benzene rings is 1. The highest BCUT2D eigenvalue weighted by Crippen LogP contribution is 2.35. The summed E-state index contributed by atoms with van der Waals surface area (Å²) in [7, 11) is -1.37. The number of nitrogens with one attached hydrogen (secondary N) is 1. The summed E-state index contributed by atoms with van der Waals surface area (Å²) in [5, 5.41) is 3.37. The van der Waals surface area contributed by atoms with Crippen LogP contribution in [0.15, 0.2) is 17.1 Å². The van der Waals surface area contributed by atoms with Crippen molar-refractivity contribution in [1.82, 2.24) is 10.2 Å². The fourth-order valence-corrected chi connectivity index (χ4v) is 5.11. The van der Waals surface area contributed by atoms with E-state index in [0.29, 0.717) is 32.2 Å². The predicted octanol–water partition coefficient (Wildman–Crippen LogP) is 2.61. The Morgan fingerprint density at radius 1 is 1.41 bits per heavy atom. The molecule has 0 amide bonds. The highest BCUT2D eigenvalue weighted by molar-refractivity contribution is 14.0. The van der Waals surface area contributed by atoms with Gasteiger partial charge < -0.3 is 19.7 Å². The zero-order chi connectivity index (χ0) is 20.5. The van der Waals surface area contributed by atoms with Crippen LogP contribution in [0.3, 0.4) is 0 Å². The number of rotatable bonds is 4. The number of nitrogens with zero attached hydrogens (tertiary/aromatic N) is 2. The molecule has 1 aromatic carbocycles. The largest absolute Gasteiger partial charge is 0.494 e. The predicted molar refractivity (Wildman–Crippen MR) is 126 cm³/mol. The molecule has 0 saturated carbocycles. The maximum atomic E-state index is 12.3. The van der Waals surface area contributed by atoms with Gasteiger partial charge in [0.05, 0.1) is 17.1 Å². The van der Waals surface area contributed by atoms with Crippen molar-refractivity contribution >= 4 is 39.8 Å². The summed E-state index contributed by atoms with van der Waals surface area (Å²) in [5.74, 6) is 2.59. The molecule has 0 spiro atoms. The lowest BCUT2D eigenvalue weighted by Gasteiger charge is -2.39. The van der Waals surface area contributed by atoms with Crippen LogP contribution >= 0.6 is 24.0 Å². The fraction of sp³-hybridized carbons (Fsp3) is 0.650. The molecule has 164 valence electrons. The van der Waals surface area contributed by atoms with Crippen LogP contribution in [0.5, 0.6) is 11.5 Å². The maximum Gasteiger partial charge on any atom is 0.193 e. The first-order valence-corrected chi connectivity index (χ1v) is 11.4. The van der Waals surface area contributed by atoms with E-state index in [1.165, 1.54) is 5.56 Å². The molecular weight excluding hydrogens is 505 g/mol. The highest BCUT2D eigenvalue weighted by atomic mass is 127. The molecule has 0 aliphatic carbocycles. The van der Waals surface area contributed by atoms with E-state index in [1.807, 2.05) is 17.9 Å². The van der Waals surface area contributed by atoms with E-state index < -0.39 is 14.6 Å². The second-order valence-electron chi connectivity index (χ2n) is 8.03. The van der Waals surface area contributed by atoms with Gasteiger partial charge in [0.1, 0.15) is 17.6 Å². The first-order valence-electron chi connectivity index (χ1n) is 9.80. The number of halogens is 1. The van der Waals surface area contributed by atoms with Crippen molar-refractivity contribution in [3.63, 3.8) is 0 Å². The normalized spacial score (nSPS) is 22.3. The summed E-state index contributed by atoms with van der Waals surface area (Å²) in [4.78, 5) is 6.37. The average molecular weight is 537 g/mol. The summed E-state index contributed by atoms with van der Waals surface area (Å²) in [6, 6.07) is 4.10. The van der Waals surface area contributed by atoms with Crippen LogP contribution in [0.4, 0.5) is 0 Å². The lowest BCUT2D eigenvalue weighted by atomic mass is 10.1. The number of aliphatic imine (C=N–C) groups is 1. The van der Waals surface area contributed by atoms with E-state index in [2.05, 4.69) is 23.3 Å². The van der Waals surface area contributed by atoms with Crippen molar-refractivity contribution in [3.8, 4) is 11.5 Å². The lowest BCUT2D eigenvalue weighted by molar-refractivity contribution is 0.254.